The summed E-state index contributed by atoms with van der Waals surface area (Å²) < 4.78 is 11.2. The lowest BCUT2D eigenvalue weighted by molar-refractivity contribution is 0.00801. The minimum absolute atomic E-state index is 0.717. The zero-order valence-corrected chi connectivity index (χ0v) is 10.2. The van der Waals surface area contributed by atoms with Gasteiger partial charge < -0.3 is 15.2 Å². The standard InChI is InChI=1S/C13H25NO2/c14-8-12-2-1-3-13(12)10-16-9-11-4-6-15-7-5-11/h11-13H,1-10,14H2. The molecule has 2 aliphatic rings. The molecular formula is C13H25NO2. The summed E-state index contributed by atoms with van der Waals surface area (Å²) in [5.41, 5.74) is 5.77. The van der Waals surface area contributed by atoms with Gasteiger partial charge in [0.15, 0.2) is 0 Å². The first-order chi connectivity index (χ1) is 7.90. The maximum absolute atomic E-state index is 5.88. The minimum Gasteiger partial charge on any atom is -0.381 e. The molecule has 0 aromatic heterocycles. The third kappa shape index (κ3) is 3.44. The molecular weight excluding hydrogens is 202 g/mol. The van der Waals surface area contributed by atoms with Crippen molar-refractivity contribution in [2.24, 2.45) is 23.5 Å². The molecule has 16 heavy (non-hydrogen) atoms. The highest BCUT2D eigenvalue weighted by Crippen LogP contribution is 2.31. The molecule has 0 spiro atoms. The predicted molar refractivity (Wildman–Crippen MR) is 64.2 cm³/mol. The van der Waals surface area contributed by atoms with Crippen LogP contribution in [0.2, 0.25) is 0 Å². The molecule has 1 aliphatic carbocycles. The summed E-state index contributed by atoms with van der Waals surface area (Å²) in [6.07, 6.45) is 6.31. The van der Waals surface area contributed by atoms with Crippen LogP contribution in [0.4, 0.5) is 0 Å². The van der Waals surface area contributed by atoms with Crippen LogP contribution in [0.25, 0.3) is 0 Å². The van der Waals surface area contributed by atoms with Crippen LogP contribution in [0, 0.1) is 17.8 Å². The van der Waals surface area contributed by atoms with Crippen LogP contribution in [0.3, 0.4) is 0 Å². The van der Waals surface area contributed by atoms with Gasteiger partial charge in [-0.2, -0.15) is 0 Å². The molecule has 2 rings (SSSR count). The van der Waals surface area contributed by atoms with Gasteiger partial charge in [0.05, 0.1) is 0 Å². The summed E-state index contributed by atoms with van der Waals surface area (Å²) in [5.74, 6) is 2.17. The molecule has 1 saturated carbocycles. The highest BCUT2D eigenvalue weighted by molar-refractivity contribution is 4.78. The molecule has 0 amide bonds. The van der Waals surface area contributed by atoms with E-state index in [9.17, 15) is 0 Å². The fourth-order valence-corrected chi connectivity index (χ4v) is 2.94. The van der Waals surface area contributed by atoms with E-state index in [1.165, 1.54) is 32.1 Å². The Hall–Kier alpha value is -0.120. The van der Waals surface area contributed by atoms with E-state index in [2.05, 4.69) is 0 Å². The summed E-state index contributed by atoms with van der Waals surface area (Å²) in [7, 11) is 0. The van der Waals surface area contributed by atoms with Crippen molar-refractivity contribution < 1.29 is 9.47 Å². The minimum atomic E-state index is 0.717. The number of hydrogen-bond acceptors (Lipinski definition) is 3. The largest absolute Gasteiger partial charge is 0.381 e. The maximum Gasteiger partial charge on any atom is 0.0497 e. The lowest BCUT2D eigenvalue weighted by atomic mass is 9.97. The van der Waals surface area contributed by atoms with Crippen LogP contribution in [-0.2, 0) is 9.47 Å². The molecule has 1 heterocycles. The van der Waals surface area contributed by atoms with E-state index in [-0.39, 0.29) is 0 Å². The van der Waals surface area contributed by atoms with Gasteiger partial charge in [-0.3, -0.25) is 0 Å². The molecule has 3 heteroatoms. The average molecular weight is 227 g/mol. The Bertz CT molecular complexity index is 192. The summed E-state index contributed by atoms with van der Waals surface area (Å²) in [6, 6.07) is 0. The first-order valence-corrected chi connectivity index (χ1v) is 6.75. The van der Waals surface area contributed by atoms with E-state index in [0.29, 0.717) is 0 Å². The quantitative estimate of drug-likeness (QED) is 0.779. The first-order valence-electron chi connectivity index (χ1n) is 6.75. The van der Waals surface area contributed by atoms with Crippen LogP contribution < -0.4 is 5.73 Å². The predicted octanol–water partition coefficient (Wildman–Crippen LogP) is 1.80. The second kappa shape index (κ2) is 6.58. The van der Waals surface area contributed by atoms with E-state index in [0.717, 1.165) is 50.7 Å². The molecule has 2 unspecified atom stereocenters. The van der Waals surface area contributed by atoms with Gasteiger partial charge in [0.25, 0.3) is 0 Å². The van der Waals surface area contributed by atoms with Crippen molar-refractivity contribution in [1.82, 2.24) is 0 Å². The Morgan fingerprint density at radius 3 is 2.50 bits per heavy atom. The van der Waals surface area contributed by atoms with Crippen LogP contribution in [0.15, 0.2) is 0 Å². The highest BCUT2D eigenvalue weighted by atomic mass is 16.5. The normalized spacial score (nSPS) is 32.1. The van der Waals surface area contributed by atoms with E-state index in [1.807, 2.05) is 0 Å². The molecule has 0 aromatic rings. The number of rotatable bonds is 5. The Morgan fingerprint density at radius 2 is 1.75 bits per heavy atom. The second-order valence-electron chi connectivity index (χ2n) is 5.28. The second-order valence-corrected chi connectivity index (χ2v) is 5.28. The summed E-state index contributed by atoms with van der Waals surface area (Å²) in [6.45, 7) is 4.54. The topological polar surface area (TPSA) is 44.5 Å². The van der Waals surface area contributed by atoms with Crippen molar-refractivity contribution >= 4 is 0 Å². The molecule has 1 aliphatic heterocycles. The Morgan fingerprint density at radius 1 is 1.00 bits per heavy atom. The lowest BCUT2D eigenvalue weighted by Crippen LogP contribution is -2.25. The molecule has 1 saturated heterocycles. The third-order valence-corrected chi connectivity index (χ3v) is 4.15. The van der Waals surface area contributed by atoms with Crippen molar-refractivity contribution in [2.45, 2.75) is 32.1 Å². The van der Waals surface area contributed by atoms with Gasteiger partial charge in [-0.05, 0) is 50.0 Å². The Balaban J connectivity index is 1.59. The third-order valence-electron chi connectivity index (χ3n) is 4.15. The molecule has 0 aromatic carbocycles. The van der Waals surface area contributed by atoms with Crippen molar-refractivity contribution in [1.29, 1.82) is 0 Å². The summed E-state index contributed by atoms with van der Waals surface area (Å²) in [4.78, 5) is 0. The average Bonchev–Trinajstić information content (AvgIpc) is 2.78. The number of hydrogen-bond donors (Lipinski definition) is 1. The lowest BCUT2D eigenvalue weighted by Gasteiger charge is -2.23. The SMILES string of the molecule is NCC1CCCC1COCC1CCOCC1. The molecule has 3 nitrogen and oxygen atoms in total. The van der Waals surface area contributed by atoms with Crippen LogP contribution in [0.5, 0.6) is 0 Å². The van der Waals surface area contributed by atoms with E-state index in [4.69, 9.17) is 15.2 Å². The summed E-state index contributed by atoms with van der Waals surface area (Å²) >= 11 is 0. The van der Waals surface area contributed by atoms with Crippen molar-refractivity contribution in [2.75, 3.05) is 33.0 Å². The number of nitrogens with two attached hydrogens (primary N) is 1. The number of ether oxygens (including phenoxy) is 2. The zero-order chi connectivity index (χ0) is 11.2. The highest BCUT2D eigenvalue weighted by Gasteiger charge is 2.26. The van der Waals surface area contributed by atoms with Gasteiger partial charge in [0.2, 0.25) is 0 Å². The van der Waals surface area contributed by atoms with Crippen LogP contribution in [-0.4, -0.2) is 33.0 Å². The molecule has 94 valence electrons. The molecule has 2 fully saturated rings. The van der Waals surface area contributed by atoms with Crippen LogP contribution >= 0.6 is 0 Å². The summed E-state index contributed by atoms with van der Waals surface area (Å²) in [5, 5.41) is 0. The van der Waals surface area contributed by atoms with E-state index >= 15 is 0 Å². The molecule has 2 N–H and O–H groups in total. The first kappa shape index (κ1) is 12.3. The zero-order valence-electron chi connectivity index (χ0n) is 10.2. The molecule has 0 radical (unpaired) electrons. The Kier molecular flexibility index (Phi) is 5.07. The smallest absolute Gasteiger partial charge is 0.0497 e. The van der Waals surface area contributed by atoms with Crippen molar-refractivity contribution in [3.8, 4) is 0 Å². The van der Waals surface area contributed by atoms with Gasteiger partial charge in [-0.25, -0.2) is 0 Å². The van der Waals surface area contributed by atoms with Gasteiger partial charge in [0.1, 0.15) is 0 Å². The Labute approximate surface area is 98.7 Å². The molecule has 0 bridgehead atoms. The van der Waals surface area contributed by atoms with E-state index in [1.54, 1.807) is 0 Å². The monoisotopic (exact) mass is 227 g/mol. The van der Waals surface area contributed by atoms with Gasteiger partial charge in [-0.1, -0.05) is 6.42 Å². The van der Waals surface area contributed by atoms with Gasteiger partial charge in [-0.15, -0.1) is 0 Å². The van der Waals surface area contributed by atoms with Crippen molar-refractivity contribution in [3.63, 3.8) is 0 Å². The van der Waals surface area contributed by atoms with Gasteiger partial charge >= 0.3 is 0 Å². The van der Waals surface area contributed by atoms with Crippen molar-refractivity contribution in [3.05, 3.63) is 0 Å². The van der Waals surface area contributed by atoms with E-state index < -0.39 is 0 Å². The van der Waals surface area contributed by atoms with Gasteiger partial charge in [0, 0.05) is 26.4 Å². The van der Waals surface area contributed by atoms with Crippen LogP contribution in [0.1, 0.15) is 32.1 Å². The maximum atomic E-state index is 5.88. The fourth-order valence-electron chi connectivity index (χ4n) is 2.94. The fraction of sp³-hybridized carbons (Fsp3) is 1.00. The molecule has 2 atom stereocenters.